The highest BCUT2D eigenvalue weighted by atomic mass is 14.1. The van der Waals surface area contributed by atoms with E-state index in [2.05, 4.69) is 105 Å². The Hall–Kier alpha value is -3.64. The molecule has 0 amide bonds. The van der Waals surface area contributed by atoms with Crippen molar-refractivity contribution in [3.8, 4) is 22.3 Å². The third-order valence-electron chi connectivity index (χ3n) is 5.83. The maximum Gasteiger partial charge on any atom is -0.00208 e. The van der Waals surface area contributed by atoms with E-state index in [9.17, 15) is 0 Å². The molecule has 0 nitrogen and oxygen atoms in total. The Morgan fingerprint density at radius 1 is 0.621 bits per heavy atom. The standard InChI is InChI=1S/C29H22/c1-4-21-15-18-27-26(17-16-25-10-7-20(3)28(21)29(25)27)24-13-11-23(12-14-24)22-8-5-19(2)6-9-22/h4-18H,1,3H2,2H3. The van der Waals surface area contributed by atoms with Crippen LogP contribution in [0, 0.1) is 6.92 Å². The van der Waals surface area contributed by atoms with Crippen molar-refractivity contribution in [1.29, 1.82) is 0 Å². The Morgan fingerprint density at radius 3 is 1.93 bits per heavy atom. The first-order valence-electron chi connectivity index (χ1n) is 9.93. The Morgan fingerprint density at radius 2 is 1.24 bits per heavy atom. The number of hydrogen-bond donors (Lipinski definition) is 0. The second-order valence-corrected chi connectivity index (χ2v) is 7.66. The first-order valence-corrected chi connectivity index (χ1v) is 9.93. The van der Waals surface area contributed by atoms with Gasteiger partial charge in [0.15, 0.2) is 0 Å². The molecule has 0 fully saturated rings. The second kappa shape index (κ2) is 6.76. The molecule has 0 aromatic heterocycles. The summed E-state index contributed by atoms with van der Waals surface area (Å²) in [6.07, 6.45) is 1.92. The van der Waals surface area contributed by atoms with Crippen LogP contribution in [0.5, 0.6) is 0 Å². The molecule has 0 unspecified atom stereocenters. The summed E-state index contributed by atoms with van der Waals surface area (Å²) in [5, 5.41) is 6.02. The molecule has 0 heterocycles. The molecule has 29 heavy (non-hydrogen) atoms. The lowest BCUT2D eigenvalue weighted by Gasteiger charge is -2.14. The summed E-state index contributed by atoms with van der Waals surface area (Å²) in [4.78, 5) is 0. The molecule has 0 aliphatic rings. The number of aryl methyl sites for hydroxylation is 1. The van der Waals surface area contributed by atoms with Gasteiger partial charge in [0.05, 0.1) is 0 Å². The molecule has 0 atom stereocenters. The topological polar surface area (TPSA) is 0 Å². The van der Waals surface area contributed by atoms with E-state index in [-0.39, 0.29) is 0 Å². The van der Waals surface area contributed by atoms with Gasteiger partial charge in [-0.3, -0.25) is 0 Å². The zero-order valence-corrected chi connectivity index (χ0v) is 16.6. The van der Waals surface area contributed by atoms with Gasteiger partial charge >= 0.3 is 0 Å². The highest BCUT2D eigenvalue weighted by Crippen LogP contribution is 2.36. The molecular weight excluding hydrogens is 348 g/mol. The predicted octanol–water partition coefficient (Wildman–Crippen LogP) is 7.41. The minimum Gasteiger partial charge on any atom is -0.0984 e. The minimum atomic E-state index is 1.05. The molecule has 0 spiro atoms. The fourth-order valence-corrected chi connectivity index (χ4v) is 4.26. The average molecular weight is 370 g/mol. The summed E-state index contributed by atoms with van der Waals surface area (Å²) in [5.74, 6) is 0. The van der Waals surface area contributed by atoms with Gasteiger partial charge in [-0.25, -0.2) is 0 Å². The van der Waals surface area contributed by atoms with Gasteiger partial charge in [-0.2, -0.15) is 0 Å². The Balaban J connectivity index is 1.70. The van der Waals surface area contributed by atoms with Gasteiger partial charge < -0.3 is 0 Å². The van der Waals surface area contributed by atoms with Crippen LogP contribution in [0.2, 0.25) is 0 Å². The summed E-state index contributed by atoms with van der Waals surface area (Å²) < 4.78 is 0. The van der Waals surface area contributed by atoms with E-state index in [0.717, 1.165) is 10.8 Å². The molecule has 0 bridgehead atoms. The summed E-state index contributed by atoms with van der Waals surface area (Å²) >= 11 is 0. The van der Waals surface area contributed by atoms with E-state index in [4.69, 9.17) is 0 Å². The number of benzene rings is 5. The highest BCUT2D eigenvalue weighted by Gasteiger charge is 2.11. The van der Waals surface area contributed by atoms with Gasteiger partial charge in [-0.05, 0) is 61.5 Å². The lowest BCUT2D eigenvalue weighted by Crippen LogP contribution is -2.01. The largest absolute Gasteiger partial charge is 0.0984 e. The summed E-state index contributed by atoms with van der Waals surface area (Å²) in [7, 11) is 0. The van der Waals surface area contributed by atoms with Crippen LogP contribution in [0.3, 0.4) is 0 Å². The van der Waals surface area contributed by atoms with Gasteiger partial charge in [0.25, 0.3) is 0 Å². The molecule has 138 valence electrons. The van der Waals surface area contributed by atoms with Crippen molar-refractivity contribution in [3.63, 3.8) is 0 Å². The van der Waals surface area contributed by atoms with Crippen molar-refractivity contribution in [1.82, 2.24) is 0 Å². The number of rotatable bonds is 3. The van der Waals surface area contributed by atoms with Crippen molar-refractivity contribution in [2.24, 2.45) is 0 Å². The third kappa shape index (κ3) is 2.85. The van der Waals surface area contributed by atoms with Crippen LogP contribution < -0.4 is 5.22 Å². The first kappa shape index (κ1) is 17.5. The second-order valence-electron chi connectivity index (χ2n) is 7.66. The SMILES string of the molecule is C=Cc1ccc2c(-c3ccc(-c4ccc(C)cc4)cc3)ccc3ccc(=C)c1c32. The smallest absolute Gasteiger partial charge is 0.00208 e. The zero-order valence-electron chi connectivity index (χ0n) is 16.6. The van der Waals surface area contributed by atoms with Crippen molar-refractivity contribution < 1.29 is 0 Å². The molecule has 0 aliphatic carbocycles. The summed E-state index contributed by atoms with van der Waals surface area (Å²) in [6, 6.07) is 30.6. The molecule has 5 aromatic carbocycles. The van der Waals surface area contributed by atoms with E-state index in [1.807, 2.05) is 6.08 Å². The van der Waals surface area contributed by atoms with Crippen LogP contribution in [0.1, 0.15) is 11.1 Å². The summed E-state index contributed by atoms with van der Waals surface area (Å²) in [5.41, 5.74) is 7.38. The lowest BCUT2D eigenvalue weighted by atomic mass is 9.90. The van der Waals surface area contributed by atoms with Crippen LogP contribution in [-0.2, 0) is 0 Å². The minimum absolute atomic E-state index is 1.05. The quantitative estimate of drug-likeness (QED) is 0.310. The van der Waals surface area contributed by atoms with Gasteiger partial charge in [0.1, 0.15) is 0 Å². The molecule has 0 N–H and O–H groups in total. The Kier molecular flexibility index (Phi) is 4.07. The van der Waals surface area contributed by atoms with Crippen LogP contribution in [0.25, 0.3) is 56.5 Å². The fourth-order valence-electron chi connectivity index (χ4n) is 4.26. The van der Waals surface area contributed by atoms with Gasteiger partial charge in [0, 0.05) is 0 Å². The Bertz CT molecular complexity index is 1400. The van der Waals surface area contributed by atoms with E-state index < -0.39 is 0 Å². The predicted molar refractivity (Wildman–Crippen MR) is 128 cm³/mol. The van der Waals surface area contributed by atoms with Crippen molar-refractivity contribution in [2.45, 2.75) is 6.92 Å². The van der Waals surface area contributed by atoms with Crippen molar-refractivity contribution in [2.75, 3.05) is 0 Å². The van der Waals surface area contributed by atoms with Gasteiger partial charge in [0.2, 0.25) is 0 Å². The first-order chi connectivity index (χ1) is 14.2. The van der Waals surface area contributed by atoms with Gasteiger partial charge in [-0.1, -0.05) is 110 Å². The molecule has 0 aliphatic heterocycles. The van der Waals surface area contributed by atoms with Crippen molar-refractivity contribution >= 4 is 34.2 Å². The van der Waals surface area contributed by atoms with Gasteiger partial charge in [-0.15, -0.1) is 0 Å². The molecule has 0 radical (unpaired) electrons. The number of hydrogen-bond acceptors (Lipinski definition) is 0. The highest BCUT2D eigenvalue weighted by molar-refractivity contribution is 6.17. The molecule has 0 heteroatoms. The van der Waals surface area contributed by atoms with Crippen LogP contribution >= 0.6 is 0 Å². The van der Waals surface area contributed by atoms with E-state index in [1.54, 1.807) is 0 Å². The maximum absolute atomic E-state index is 4.27. The van der Waals surface area contributed by atoms with Crippen LogP contribution in [0.4, 0.5) is 0 Å². The van der Waals surface area contributed by atoms with E-state index >= 15 is 0 Å². The lowest BCUT2D eigenvalue weighted by molar-refractivity contribution is 1.47. The average Bonchev–Trinajstić information content (AvgIpc) is 2.77. The zero-order chi connectivity index (χ0) is 20.0. The Labute approximate surface area is 171 Å². The molecular formula is C29H22. The maximum atomic E-state index is 4.27. The van der Waals surface area contributed by atoms with Crippen LogP contribution in [0.15, 0.2) is 91.5 Å². The van der Waals surface area contributed by atoms with Crippen molar-refractivity contribution in [3.05, 3.63) is 108 Å². The van der Waals surface area contributed by atoms with E-state index in [1.165, 1.54) is 49.4 Å². The van der Waals surface area contributed by atoms with E-state index in [0.29, 0.717) is 0 Å². The fraction of sp³-hybridized carbons (Fsp3) is 0.0345. The normalized spacial score (nSPS) is 11.2. The monoisotopic (exact) mass is 370 g/mol. The molecule has 5 rings (SSSR count). The molecule has 0 saturated carbocycles. The molecule has 5 aromatic rings. The third-order valence-corrected chi connectivity index (χ3v) is 5.83. The van der Waals surface area contributed by atoms with Crippen LogP contribution in [-0.4, -0.2) is 0 Å². The molecule has 0 saturated heterocycles. The summed E-state index contributed by atoms with van der Waals surface area (Å²) in [6.45, 7) is 10.4.